The molecule has 2 aromatic carbocycles. The maximum absolute atomic E-state index is 12.8. The lowest BCUT2D eigenvalue weighted by Crippen LogP contribution is -2.23. The van der Waals surface area contributed by atoms with E-state index in [0.29, 0.717) is 18.7 Å². The fourth-order valence-corrected chi connectivity index (χ4v) is 4.52. The fraction of sp³-hybridized carbons (Fsp3) is 0.125. The van der Waals surface area contributed by atoms with Gasteiger partial charge >= 0.3 is 0 Å². The van der Waals surface area contributed by atoms with Crippen LogP contribution in [0.1, 0.15) is 27.3 Å². The number of carbonyl (C=O) groups excluding carboxylic acids is 1. The molecule has 7 heteroatoms. The van der Waals surface area contributed by atoms with E-state index in [1.54, 1.807) is 29.3 Å². The monoisotopic (exact) mass is 447 g/mol. The van der Waals surface area contributed by atoms with Gasteiger partial charge in [-0.2, -0.15) is 0 Å². The van der Waals surface area contributed by atoms with Crippen molar-refractivity contribution in [2.75, 3.05) is 0 Å². The number of nitrogens with zero attached hydrogens (tertiary/aromatic N) is 2. The highest BCUT2D eigenvalue weighted by Gasteiger charge is 2.12. The van der Waals surface area contributed by atoms with Crippen molar-refractivity contribution in [3.63, 3.8) is 0 Å². The molecule has 0 aliphatic rings. The summed E-state index contributed by atoms with van der Waals surface area (Å²) in [6.45, 7) is 0.824. The highest BCUT2D eigenvalue weighted by atomic mass is 32.2. The van der Waals surface area contributed by atoms with Crippen molar-refractivity contribution in [2.45, 2.75) is 23.8 Å². The van der Waals surface area contributed by atoms with Crippen molar-refractivity contribution < 1.29 is 9.53 Å². The number of benzene rings is 2. The SMILES string of the molecule is O=C(NCc1cccc(OCc2ccccn2)c1)c1ccccc1SCc1cscn1. The minimum atomic E-state index is -0.0961. The van der Waals surface area contributed by atoms with Gasteiger partial charge in [0.15, 0.2) is 0 Å². The minimum absolute atomic E-state index is 0.0961. The van der Waals surface area contributed by atoms with Crippen LogP contribution < -0.4 is 10.1 Å². The predicted octanol–water partition coefficient (Wildman–Crippen LogP) is 5.34. The molecule has 0 atom stereocenters. The molecule has 2 aromatic heterocycles. The smallest absolute Gasteiger partial charge is 0.252 e. The van der Waals surface area contributed by atoms with Crippen LogP contribution in [0.3, 0.4) is 0 Å². The summed E-state index contributed by atoms with van der Waals surface area (Å²) < 4.78 is 5.83. The van der Waals surface area contributed by atoms with Gasteiger partial charge in [0.25, 0.3) is 5.91 Å². The number of hydrogen-bond acceptors (Lipinski definition) is 6. The first-order valence-electron chi connectivity index (χ1n) is 9.77. The summed E-state index contributed by atoms with van der Waals surface area (Å²) in [4.78, 5) is 22.3. The topological polar surface area (TPSA) is 64.1 Å². The number of ether oxygens (including phenoxy) is 1. The molecule has 0 radical (unpaired) electrons. The van der Waals surface area contributed by atoms with Crippen molar-refractivity contribution in [3.05, 3.63) is 106 Å². The average Bonchev–Trinajstić information content (AvgIpc) is 3.35. The lowest BCUT2D eigenvalue weighted by Gasteiger charge is -2.11. The van der Waals surface area contributed by atoms with Crippen LogP contribution in [-0.2, 0) is 18.9 Å². The molecule has 0 bridgehead atoms. The molecule has 0 unspecified atom stereocenters. The van der Waals surface area contributed by atoms with E-state index in [1.807, 2.05) is 77.6 Å². The van der Waals surface area contributed by atoms with Crippen LogP contribution in [0.4, 0.5) is 0 Å². The molecule has 0 aliphatic heterocycles. The van der Waals surface area contributed by atoms with E-state index in [9.17, 15) is 4.79 Å². The van der Waals surface area contributed by atoms with Crippen LogP contribution in [-0.4, -0.2) is 15.9 Å². The molecule has 1 amide bonds. The van der Waals surface area contributed by atoms with Crippen LogP contribution >= 0.6 is 23.1 Å². The maximum Gasteiger partial charge on any atom is 0.252 e. The minimum Gasteiger partial charge on any atom is -0.487 e. The molecule has 4 aromatic rings. The zero-order valence-electron chi connectivity index (χ0n) is 16.7. The van der Waals surface area contributed by atoms with Crippen molar-refractivity contribution in [2.24, 2.45) is 0 Å². The van der Waals surface area contributed by atoms with Gasteiger partial charge in [0.05, 0.1) is 22.5 Å². The van der Waals surface area contributed by atoms with Crippen molar-refractivity contribution >= 4 is 29.0 Å². The summed E-state index contributed by atoms with van der Waals surface area (Å²) in [5.74, 6) is 1.39. The Morgan fingerprint density at radius 3 is 2.74 bits per heavy atom. The van der Waals surface area contributed by atoms with Gasteiger partial charge in [-0.3, -0.25) is 9.78 Å². The molecule has 0 fully saturated rings. The number of rotatable bonds is 9. The second-order valence-electron chi connectivity index (χ2n) is 6.70. The molecule has 5 nitrogen and oxygen atoms in total. The lowest BCUT2D eigenvalue weighted by atomic mass is 10.2. The number of thiazole rings is 1. The summed E-state index contributed by atoms with van der Waals surface area (Å²) in [5, 5.41) is 5.04. The first-order valence-corrected chi connectivity index (χ1v) is 11.7. The standard InChI is InChI=1S/C24H21N3O2S2/c28-24(22-9-1-2-10-23(22)31-16-20-15-30-17-27-20)26-13-18-6-5-8-21(12-18)29-14-19-7-3-4-11-25-19/h1-12,15,17H,13-14,16H2,(H,26,28). The van der Waals surface area contributed by atoms with E-state index in [0.717, 1.165) is 33.3 Å². The number of nitrogens with one attached hydrogen (secondary N) is 1. The summed E-state index contributed by atoms with van der Waals surface area (Å²) in [6.07, 6.45) is 1.75. The second kappa shape index (κ2) is 10.7. The van der Waals surface area contributed by atoms with Gasteiger partial charge in [-0.25, -0.2) is 4.98 Å². The van der Waals surface area contributed by atoms with Crippen LogP contribution in [0.2, 0.25) is 0 Å². The van der Waals surface area contributed by atoms with E-state index in [4.69, 9.17) is 4.74 Å². The van der Waals surface area contributed by atoms with Crippen molar-refractivity contribution in [3.8, 4) is 5.75 Å². The van der Waals surface area contributed by atoms with Crippen LogP contribution in [0.5, 0.6) is 5.75 Å². The number of amides is 1. The van der Waals surface area contributed by atoms with Crippen LogP contribution in [0.15, 0.2) is 88.7 Å². The molecule has 31 heavy (non-hydrogen) atoms. The molecule has 1 N–H and O–H groups in total. The Labute approximate surface area is 189 Å². The third-order valence-electron chi connectivity index (χ3n) is 4.46. The van der Waals surface area contributed by atoms with E-state index < -0.39 is 0 Å². The first kappa shape index (κ1) is 21.1. The van der Waals surface area contributed by atoms with E-state index in [-0.39, 0.29) is 5.91 Å². The molecule has 2 heterocycles. The Bertz CT molecular complexity index is 1120. The Morgan fingerprint density at radius 2 is 1.90 bits per heavy atom. The Balaban J connectivity index is 1.34. The quantitative estimate of drug-likeness (QED) is 0.351. The molecule has 4 rings (SSSR count). The van der Waals surface area contributed by atoms with Gasteiger partial charge in [-0.05, 0) is 42.0 Å². The van der Waals surface area contributed by atoms with E-state index in [1.165, 1.54) is 0 Å². The van der Waals surface area contributed by atoms with Crippen molar-refractivity contribution in [1.82, 2.24) is 15.3 Å². The summed E-state index contributed by atoms with van der Waals surface area (Å²) in [6, 6.07) is 21.1. The number of hydrogen-bond donors (Lipinski definition) is 1. The lowest BCUT2D eigenvalue weighted by molar-refractivity contribution is 0.0948. The van der Waals surface area contributed by atoms with Crippen LogP contribution in [0, 0.1) is 0 Å². The van der Waals surface area contributed by atoms with Crippen molar-refractivity contribution in [1.29, 1.82) is 0 Å². The largest absolute Gasteiger partial charge is 0.487 e. The zero-order chi connectivity index (χ0) is 21.3. The Morgan fingerprint density at radius 1 is 1.00 bits per heavy atom. The summed E-state index contributed by atoms with van der Waals surface area (Å²) in [5.41, 5.74) is 5.35. The predicted molar refractivity (Wildman–Crippen MR) is 124 cm³/mol. The zero-order valence-corrected chi connectivity index (χ0v) is 18.4. The van der Waals surface area contributed by atoms with Gasteiger partial charge in [-0.15, -0.1) is 23.1 Å². The molecule has 0 spiro atoms. The molecular weight excluding hydrogens is 426 g/mol. The maximum atomic E-state index is 12.8. The normalized spacial score (nSPS) is 10.6. The number of carbonyl (C=O) groups is 1. The number of aromatic nitrogens is 2. The number of pyridine rings is 1. The third kappa shape index (κ3) is 6.16. The van der Waals surface area contributed by atoms with Gasteiger partial charge in [-0.1, -0.05) is 30.3 Å². The molecular formula is C24H21N3O2S2. The van der Waals surface area contributed by atoms with Gasteiger partial charge < -0.3 is 10.1 Å². The summed E-state index contributed by atoms with van der Waals surface area (Å²) in [7, 11) is 0. The van der Waals surface area contributed by atoms with Gasteiger partial charge in [0.1, 0.15) is 12.4 Å². The van der Waals surface area contributed by atoms with E-state index in [2.05, 4.69) is 15.3 Å². The van der Waals surface area contributed by atoms with Crippen LogP contribution in [0.25, 0.3) is 0 Å². The number of thioether (sulfide) groups is 1. The molecule has 0 saturated carbocycles. The fourth-order valence-electron chi connectivity index (χ4n) is 2.90. The van der Waals surface area contributed by atoms with Gasteiger partial charge in [0.2, 0.25) is 0 Å². The molecule has 0 saturated heterocycles. The second-order valence-corrected chi connectivity index (χ2v) is 8.44. The van der Waals surface area contributed by atoms with E-state index >= 15 is 0 Å². The Hall–Kier alpha value is -3.16. The highest BCUT2D eigenvalue weighted by molar-refractivity contribution is 7.98. The third-order valence-corrected chi connectivity index (χ3v) is 6.20. The Kier molecular flexibility index (Phi) is 7.31. The summed E-state index contributed by atoms with van der Waals surface area (Å²) >= 11 is 3.20. The molecule has 156 valence electrons. The highest BCUT2D eigenvalue weighted by Crippen LogP contribution is 2.26. The first-order chi connectivity index (χ1) is 15.3. The van der Waals surface area contributed by atoms with Gasteiger partial charge in [0, 0.05) is 28.8 Å². The molecule has 0 aliphatic carbocycles. The average molecular weight is 448 g/mol.